The van der Waals surface area contributed by atoms with Crippen LogP contribution in [0.15, 0.2) is 10.6 Å². The summed E-state index contributed by atoms with van der Waals surface area (Å²) in [6, 6.07) is 0. The molecule has 2 rings (SSSR count). The molecule has 0 saturated carbocycles. The minimum Gasteiger partial charge on any atom is -0.418 e. The van der Waals surface area contributed by atoms with Crippen LogP contribution in [0.5, 0.6) is 0 Å². The van der Waals surface area contributed by atoms with E-state index in [1.807, 2.05) is 6.26 Å². The van der Waals surface area contributed by atoms with E-state index >= 15 is 0 Å². The Labute approximate surface area is 82.9 Å². The molecular formula is C6H6N4OS2. The Balaban J connectivity index is 2.23. The Kier molecular flexibility index (Phi) is 2.55. The highest BCUT2D eigenvalue weighted by molar-refractivity contribution is 7.97. The van der Waals surface area contributed by atoms with Gasteiger partial charge >= 0.3 is 0 Å². The van der Waals surface area contributed by atoms with Crippen molar-refractivity contribution in [2.24, 2.45) is 0 Å². The minimum atomic E-state index is 0.442. The molecule has 0 aromatic carbocycles. The lowest BCUT2D eigenvalue weighted by atomic mass is 10.5. The van der Waals surface area contributed by atoms with Gasteiger partial charge in [-0.1, -0.05) is 0 Å². The van der Waals surface area contributed by atoms with Gasteiger partial charge in [0.15, 0.2) is 5.69 Å². The molecule has 0 N–H and O–H groups in total. The smallest absolute Gasteiger partial charge is 0.269 e. The molecule has 7 heteroatoms. The molecule has 0 saturated heterocycles. The van der Waals surface area contributed by atoms with E-state index in [0.29, 0.717) is 17.5 Å². The van der Waals surface area contributed by atoms with Crippen molar-refractivity contribution < 1.29 is 4.42 Å². The quantitative estimate of drug-likeness (QED) is 0.770. The van der Waals surface area contributed by atoms with Gasteiger partial charge in [0.2, 0.25) is 5.89 Å². The molecule has 0 radical (unpaired) electrons. The molecule has 0 aliphatic rings. The van der Waals surface area contributed by atoms with Crippen molar-refractivity contribution in [2.75, 3.05) is 6.26 Å². The largest absolute Gasteiger partial charge is 0.418 e. The number of aromatic nitrogens is 4. The van der Waals surface area contributed by atoms with Gasteiger partial charge in [-0.15, -0.1) is 10.2 Å². The molecule has 0 atom stereocenters. The Bertz CT molecular complexity index is 372. The lowest BCUT2D eigenvalue weighted by Crippen LogP contribution is -1.77. The third kappa shape index (κ3) is 1.86. The molecule has 0 bridgehead atoms. The van der Waals surface area contributed by atoms with Gasteiger partial charge < -0.3 is 4.42 Å². The first-order valence-corrected chi connectivity index (χ1v) is 5.62. The van der Waals surface area contributed by atoms with E-state index in [9.17, 15) is 0 Å². The van der Waals surface area contributed by atoms with Crippen molar-refractivity contribution in [3.63, 3.8) is 0 Å². The van der Waals surface area contributed by atoms with Crippen molar-refractivity contribution in [1.29, 1.82) is 0 Å². The van der Waals surface area contributed by atoms with Crippen molar-refractivity contribution >= 4 is 23.5 Å². The maximum Gasteiger partial charge on any atom is 0.269 e. The minimum absolute atomic E-state index is 0.442. The molecular weight excluding hydrogens is 208 g/mol. The van der Waals surface area contributed by atoms with Crippen LogP contribution < -0.4 is 0 Å². The van der Waals surface area contributed by atoms with E-state index < -0.39 is 0 Å². The van der Waals surface area contributed by atoms with Crippen LogP contribution in [0, 0.1) is 0 Å². The van der Waals surface area contributed by atoms with Gasteiger partial charge in [-0.25, -0.2) is 0 Å². The van der Waals surface area contributed by atoms with Gasteiger partial charge in [0.25, 0.3) is 5.89 Å². The predicted molar refractivity (Wildman–Crippen MR) is 50.4 cm³/mol. The summed E-state index contributed by atoms with van der Waals surface area (Å²) in [5, 5.41) is 7.71. The summed E-state index contributed by atoms with van der Waals surface area (Å²) in [4.78, 5) is 0. The Morgan fingerprint density at radius 3 is 3.15 bits per heavy atom. The van der Waals surface area contributed by atoms with Crippen LogP contribution in [0.4, 0.5) is 0 Å². The van der Waals surface area contributed by atoms with E-state index in [-0.39, 0.29) is 0 Å². The monoisotopic (exact) mass is 214 g/mol. The SMILES string of the molecule is CSCc1nnc(-c2cnsn2)o1. The van der Waals surface area contributed by atoms with Crippen LogP contribution in [0.1, 0.15) is 5.89 Å². The third-order valence-corrected chi connectivity index (χ3v) is 2.33. The van der Waals surface area contributed by atoms with Gasteiger partial charge in [-0.05, 0) is 6.26 Å². The molecule has 0 spiro atoms. The van der Waals surface area contributed by atoms with Crippen molar-refractivity contribution in [3.8, 4) is 11.6 Å². The second kappa shape index (κ2) is 3.84. The van der Waals surface area contributed by atoms with Crippen LogP contribution in [-0.2, 0) is 5.75 Å². The summed E-state index contributed by atoms with van der Waals surface area (Å²) < 4.78 is 13.2. The van der Waals surface area contributed by atoms with Gasteiger partial charge in [-0.2, -0.15) is 20.5 Å². The Hall–Kier alpha value is -0.950. The summed E-state index contributed by atoms with van der Waals surface area (Å²) in [5.41, 5.74) is 0.643. The van der Waals surface area contributed by atoms with Crippen LogP contribution in [-0.4, -0.2) is 25.2 Å². The first-order valence-electron chi connectivity index (χ1n) is 3.49. The molecule has 0 unspecified atom stereocenters. The summed E-state index contributed by atoms with van der Waals surface area (Å²) in [5.74, 6) is 1.79. The summed E-state index contributed by atoms with van der Waals surface area (Å²) in [6.45, 7) is 0. The van der Waals surface area contributed by atoms with E-state index in [2.05, 4.69) is 18.9 Å². The number of hydrogen-bond acceptors (Lipinski definition) is 7. The van der Waals surface area contributed by atoms with Crippen LogP contribution in [0.3, 0.4) is 0 Å². The van der Waals surface area contributed by atoms with Crippen LogP contribution >= 0.6 is 23.5 Å². The first-order chi connectivity index (χ1) is 6.40. The van der Waals surface area contributed by atoms with Crippen molar-refractivity contribution in [3.05, 3.63) is 12.1 Å². The van der Waals surface area contributed by atoms with Crippen molar-refractivity contribution in [2.45, 2.75) is 5.75 Å². The number of thioether (sulfide) groups is 1. The fourth-order valence-electron chi connectivity index (χ4n) is 0.798. The Morgan fingerprint density at radius 1 is 1.54 bits per heavy atom. The molecule has 0 amide bonds. The lowest BCUT2D eigenvalue weighted by molar-refractivity contribution is 0.527. The fourth-order valence-corrected chi connectivity index (χ4v) is 1.57. The highest BCUT2D eigenvalue weighted by Crippen LogP contribution is 2.16. The number of nitrogens with zero attached hydrogens (tertiary/aromatic N) is 4. The molecule has 0 aliphatic heterocycles. The number of hydrogen-bond donors (Lipinski definition) is 0. The van der Waals surface area contributed by atoms with E-state index in [1.165, 1.54) is 0 Å². The first kappa shape index (κ1) is 8.64. The summed E-state index contributed by atoms with van der Waals surface area (Å²) in [7, 11) is 0. The lowest BCUT2D eigenvalue weighted by Gasteiger charge is -1.85. The zero-order valence-corrected chi connectivity index (χ0v) is 8.43. The maximum absolute atomic E-state index is 5.33. The zero-order valence-electron chi connectivity index (χ0n) is 6.80. The maximum atomic E-state index is 5.33. The van der Waals surface area contributed by atoms with E-state index in [0.717, 1.165) is 17.5 Å². The van der Waals surface area contributed by atoms with Gasteiger partial charge in [-0.3, -0.25) is 0 Å². The molecule has 68 valence electrons. The molecule has 2 aromatic rings. The molecule has 0 aliphatic carbocycles. The standard InChI is InChI=1S/C6H6N4OS2/c1-12-3-5-8-9-6(11-5)4-2-7-13-10-4/h2H,3H2,1H3. The number of rotatable bonds is 3. The van der Waals surface area contributed by atoms with Crippen molar-refractivity contribution in [1.82, 2.24) is 18.9 Å². The van der Waals surface area contributed by atoms with Gasteiger partial charge in [0.05, 0.1) is 23.7 Å². The van der Waals surface area contributed by atoms with Crippen LogP contribution in [0.25, 0.3) is 11.6 Å². The molecule has 0 fully saturated rings. The third-order valence-electron chi connectivity index (χ3n) is 1.32. The molecule has 13 heavy (non-hydrogen) atoms. The topological polar surface area (TPSA) is 64.7 Å². The zero-order chi connectivity index (χ0) is 9.10. The summed E-state index contributed by atoms with van der Waals surface area (Å²) >= 11 is 2.76. The second-order valence-corrected chi connectivity index (χ2v) is 3.65. The predicted octanol–water partition coefficient (Wildman–Crippen LogP) is 1.45. The van der Waals surface area contributed by atoms with E-state index in [4.69, 9.17) is 4.42 Å². The summed E-state index contributed by atoms with van der Waals surface area (Å²) in [6.07, 6.45) is 3.59. The van der Waals surface area contributed by atoms with Gasteiger partial charge in [0, 0.05) is 0 Å². The van der Waals surface area contributed by atoms with Crippen LogP contribution in [0.2, 0.25) is 0 Å². The second-order valence-electron chi connectivity index (χ2n) is 2.23. The average molecular weight is 214 g/mol. The molecule has 5 nitrogen and oxygen atoms in total. The highest BCUT2D eigenvalue weighted by atomic mass is 32.2. The fraction of sp³-hybridized carbons (Fsp3) is 0.333. The Morgan fingerprint density at radius 2 is 2.46 bits per heavy atom. The van der Waals surface area contributed by atoms with E-state index in [1.54, 1.807) is 18.0 Å². The highest BCUT2D eigenvalue weighted by Gasteiger charge is 2.09. The van der Waals surface area contributed by atoms with Gasteiger partial charge in [0.1, 0.15) is 0 Å². The normalized spacial score (nSPS) is 10.5. The molecule has 2 heterocycles. The average Bonchev–Trinajstić information content (AvgIpc) is 2.70. The molecule has 2 aromatic heterocycles.